The Balaban J connectivity index is 1.89. The van der Waals surface area contributed by atoms with Gasteiger partial charge in [0, 0.05) is 19.1 Å². The van der Waals surface area contributed by atoms with Crippen molar-refractivity contribution in [1.82, 2.24) is 15.5 Å². The van der Waals surface area contributed by atoms with E-state index in [0.717, 1.165) is 19.4 Å². The van der Waals surface area contributed by atoms with Crippen molar-refractivity contribution in [2.75, 3.05) is 20.1 Å². The van der Waals surface area contributed by atoms with Crippen LogP contribution in [-0.2, 0) is 4.79 Å². The molecule has 0 saturated carbocycles. The van der Waals surface area contributed by atoms with Crippen LogP contribution in [0.3, 0.4) is 0 Å². The van der Waals surface area contributed by atoms with E-state index < -0.39 is 24.3 Å². The monoisotopic (exact) mass is 272 g/mol. The molecule has 110 valence electrons. The quantitative estimate of drug-likeness (QED) is 0.380. The lowest BCUT2D eigenvalue weighted by Gasteiger charge is -2.45. The van der Waals surface area contributed by atoms with Crippen molar-refractivity contribution in [2.24, 2.45) is 5.73 Å². The van der Waals surface area contributed by atoms with E-state index in [9.17, 15) is 15.0 Å². The number of primary amides is 1. The third-order valence-corrected chi connectivity index (χ3v) is 4.30. The maximum absolute atomic E-state index is 11.4. The predicted octanol–water partition coefficient (Wildman–Crippen LogP) is -2.43. The van der Waals surface area contributed by atoms with Crippen LogP contribution in [-0.4, -0.2) is 71.1 Å². The van der Waals surface area contributed by atoms with Gasteiger partial charge in [0.05, 0.1) is 11.6 Å². The molecule has 2 rings (SSSR count). The molecular formula is C12H24N4O3. The summed E-state index contributed by atoms with van der Waals surface area (Å²) < 4.78 is 0. The SMILES string of the molecule is C[C@@H](O)[C@@H](C(N)=O)N(C)CC1CCC2(CNC2O)N1. The molecule has 5 atom stereocenters. The number of rotatable bonds is 5. The molecule has 2 aliphatic heterocycles. The van der Waals surface area contributed by atoms with Gasteiger partial charge in [-0.25, -0.2) is 0 Å². The van der Waals surface area contributed by atoms with Crippen LogP contribution >= 0.6 is 0 Å². The number of nitrogens with two attached hydrogens (primary N) is 1. The first kappa shape index (κ1) is 14.7. The molecule has 7 heteroatoms. The molecule has 0 aromatic rings. The fourth-order valence-corrected chi connectivity index (χ4v) is 3.20. The molecule has 0 radical (unpaired) electrons. The summed E-state index contributed by atoms with van der Waals surface area (Å²) in [5.41, 5.74) is 5.10. The zero-order valence-electron chi connectivity index (χ0n) is 11.5. The minimum Gasteiger partial charge on any atom is -0.391 e. The van der Waals surface area contributed by atoms with Crippen molar-refractivity contribution < 1.29 is 15.0 Å². The summed E-state index contributed by atoms with van der Waals surface area (Å²) in [6.07, 6.45) is 0.560. The average molecular weight is 272 g/mol. The summed E-state index contributed by atoms with van der Waals surface area (Å²) in [6.45, 7) is 2.95. The summed E-state index contributed by atoms with van der Waals surface area (Å²) >= 11 is 0. The third-order valence-electron chi connectivity index (χ3n) is 4.30. The fourth-order valence-electron chi connectivity index (χ4n) is 3.20. The molecule has 2 saturated heterocycles. The molecular weight excluding hydrogens is 248 g/mol. The van der Waals surface area contributed by atoms with Crippen LogP contribution in [0.4, 0.5) is 0 Å². The van der Waals surface area contributed by atoms with E-state index in [1.54, 1.807) is 18.9 Å². The molecule has 1 amide bonds. The molecule has 19 heavy (non-hydrogen) atoms. The first-order valence-corrected chi connectivity index (χ1v) is 6.72. The van der Waals surface area contributed by atoms with E-state index in [-0.39, 0.29) is 11.6 Å². The Bertz CT molecular complexity index is 352. The Labute approximate surface area is 113 Å². The molecule has 2 fully saturated rings. The normalized spacial score (nSPS) is 37.3. The number of nitrogens with zero attached hydrogens (tertiary/aromatic N) is 1. The van der Waals surface area contributed by atoms with Crippen molar-refractivity contribution in [1.29, 1.82) is 0 Å². The molecule has 6 N–H and O–H groups in total. The second-order valence-corrected chi connectivity index (χ2v) is 5.85. The lowest BCUT2D eigenvalue weighted by molar-refractivity contribution is -0.126. The van der Waals surface area contributed by atoms with Gasteiger partial charge >= 0.3 is 0 Å². The first-order chi connectivity index (χ1) is 8.85. The van der Waals surface area contributed by atoms with E-state index in [1.807, 2.05) is 0 Å². The van der Waals surface area contributed by atoms with Gasteiger partial charge in [0.25, 0.3) is 0 Å². The highest BCUT2D eigenvalue weighted by molar-refractivity contribution is 5.80. The topological polar surface area (TPSA) is 111 Å². The highest BCUT2D eigenvalue weighted by atomic mass is 16.3. The smallest absolute Gasteiger partial charge is 0.237 e. The van der Waals surface area contributed by atoms with Crippen LogP contribution in [0.25, 0.3) is 0 Å². The van der Waals surface area contributed by atoms with E-state index in [0.29, 0.717) is 6.54 Å². The van der Waals surface area contributed by atoms with Gasteiger partial charge in [-0.05, 0) is 26.8 Å². The van der Waals surface area contributed by atoms with Crippen molar-refractivity contribution in [3.05, 3.63) is 0 Å². The van der Waals surface area contributed by atoms with Crippen LogP contribution in [0.2, 0.25) is 0 Å². The minimum atomic E-state index is -0.797. The van der Waals surface area contributed by atoms with E-state index >= 15 is 0 Å². The molecule has 0 aliphatic carbocycles. The Kier molecular flexibility index (Phi) is 4.12. The maximum Gasteiger partial charge on any atom is 0.237 e. The summed E-state index contributed by atoms with van der Waals surface area (Å²) in [4.78, 5) is 13.1. The van der Waals surface area contributed by atoms with Gasteiger partial charge in [0.1, 0.15) is 12.3 Å². The standard InChI is InChI=1S/C12H24N4O3/c1-7(17)9(10(13)18)16(2)5-8-3-4-12(15-8)6-14-11(12)19/h7-9,11,14-15,17,19H,3-6H2,1-2H3,(H2,13,18)/t7-,8?,9+,11?,12?/m1/s1. The molecule has 3 unspecified atom stereocenters. The molecule has 0 aromatic carbocycles. The number of carbonyl (C=O) groups excluding carboxylic acids is 1. The Morgan fingerprint density at radius 2 is 2.32 bits per heavy atom. The van der Waals surface area contributed by atoms with Gasteiger partial charge in [0.2, 0.25) is 5.91 Å². The number of amides is 1. The second-order valence-electron chi connectivity index (χ2n) is 5.85. The zero-order valence-corrected chi connectivity index (χ0v) is 11.5. The van der Waals surface area contributed by atoms with E-state index in [2.05, 4.69) is 10.6 Å². The highest BCUT2D eigenvalue weighted by Crippen LogP contribution is 2.31. The van der Waals surface area contributed by atoms with E-state index in [1.165, 1.54) is 0 Å². The fraction of sp³-hybridized carbons (Fsp3) is 0.917. The lowest BCUT2D eigenvalue weighted by atomic mass is 9.88. The molecule has 2 heterocycles. The summed E-state index contributed by atoms with van der Waals surface area (Å²) in [7, 11) is 1.78. The number of hydrogen-bond donors (Lipinski definition) is 5. The zero-order chi connectivity index (χ0) is 14.2. The van der Waals surface area contributed by atoms with Crippen molar-refractivity contribution in [3.8, 4) is 0 Å². The maximum atomic E-state index is 11.4. The van der Waals surface area contributed by atoms with Crippen molar-refractivity contribution >= 4 is 5.91 Å². The summed E-state index contributed by atoms with van der Waals surface area (Å²) in [5, 5.41) is 25.7. The Hall–Kier alpha value is -0.730. The lowest BCUT2D eigenvalue weighted by Crippen LogP contribution is -2.73. The van der Waals surface area contributed by atoms with Gasteiger partial charge in [0.15, 0.2) is 0 Å². The van der Waals surface area contributed by atoms with Crippen LogP contribution in [0.15, 0.2) is 0 Å². The average Bonchev–Trinajstić information content (AvgIpc) is 2.72. The van der Waals surface area contributed by atoms with Crippen molar-refractivity contribution in [3.63, 3.8) is 0 Å². The molecule has 0 aromatic heterocycles. The van der Waals surface area contributed by atoms with Crippen LogP contribution in [0, 0.1) is 0 Å². The second kappa shape index (κ2) is 5.34. The van der Waals surface area contributed by atoms with E-state index in [4.69, 9.17) is 5.73 Å². The van der Waals surface area contributed by atoms with Gasteiger partial charge in [-0.3, -0.25) is 15.0 Å². The number of hydrogen-bond acceptors (Lipinski definition) is 6. The largest absolute Gasteiger partial charge is 0.391 e. The van der Waals surface area contributed by atoms with Gasteiger partial charge < -0.3 is 21.3 Å². The Morgan fingerprint density at radius 1 is 1.63 bits per heavy atom. The van der Waals surface area contributed by atoms with Crippen LogP contribution < -0.4 is 16.4 Å². The van der Waals surface area contributed by atoms with Crippen LogP contribution in [0.1, 0.15) is 19.8 Å². The number of aliphatic hydroxyl groups is 2. The molecule has 7 nitrogen and oxygen atoms in total. The van der Waals surface area contributed by atoms with Gasteiger partial charge in [-0.15, -0.1) is 0 Å². The van der Waals surface area contributed by atoms with Gasteiger partial charge in [-0.1, -0.05) is 0 Å². The minimum absolute atomic E-state index is 0.197. The summed E-state index contributed by atoms with van der Waals surface area (Å²) in [5.74, 6) is -0.518. The Morgan fingerprint density at radius 3 is 2.68 bits per heavy atom. The number of likely N-dealkylation sites (N-methyl/N-ethyl adjacent to an activating group) is 1. The number of nitrogens with one attached hydrogen (secondary N) is 2. The van der Waals surface area contributed by atoms with Gasteiger partial charge in [-0.2, -0.15) is 0 Å². The number of carbonyl (C=O) groups is 1. The summed E-state index contributed by atoms with van der Waals surface area (Å²) in [6, 6.07) is -0.481. The third kappa shape index (κ3) is 2.75. The van der Waals surface area contributed by atoms with Crippen LogP contribution in [0.5, 0.6) is 0 Å². The number of aliphatic hydroxyl groups excluding tert-OH is 2. The first-order valence-electron chi connectivity index (χ1n) is 6.72. The molecule has 2 aliphatic rings. The molecule has 1 spiro atoms. The predicted molar refractivity (Wildman–Crippen MR) is 70.2 cm³/mol. The van der Waals surface area contributed by atoms with Crippen molar-refractivity contribution in [2.45, 2.75) is 49.7 Å². The highest BCUT2D eigenvalue weighted by Gasteiger charge is 2.50. The molecule has 0 bridgehead atoms.